The number of fused-ring (bicyclic) bond motifs is 1. The zero-order valence-electron chi connectivity index (χ0n) is 10.1. The monoisotopic (exact) mass is 233 g/mol. The van der Waals surface area contributed by atoms with E-state index >= 15 is 0 Å². The SMILES string of the molecule is CC(C)Cc1nc2ccc(C(=O)O)nc2n1C. The van der Waals surface area contributed by atoms with E-state index in [9.17, 15) is 4.79 Å². The first kappa shape index (κ1) is 11.6. The van der Waals surface area contributed by atoms with Crippen molar-refractivity contribution in [3.05, 3.63) is 23.7 Å². The average Bonchev–Trinajstić information content (AvgIpc) is 2.55. The summed E-state index contributed by atoms with van der Waals surface area (Å²) >= 11 is 0. The van der Waals surface area contributed by atoms with Crippen molar-refractivity contribution in [2.45, 2.75) is 20.3 Å². The Morgan fingerprint density at radius 1 is 1.41 bits per heavy atom. The number of aryl methyl sites for hydroxylation is 1. The van der Waals surface area contributed by atoms with Crippen molar-refractivity contribution in [1.82, 2.24) is 14.5 Å². The molecule has 0 saturated carbocycles. The fourth-order valence-electron chi connectivity index (χ4n) is 1.78. The molecule has 2 heterocycles. The van der Waals surface area contributed by atoms with Crippen molar-refractivity contribution in [3.8, 4) is 0 Å². The van der Waals surface area contributed by atoms with Crippen LogP contribution in [0.1, 0.15) is 30.2 Å². The molecule has 0 spiro atoms. The van der Waals surface area contributed by atoms with Crippen LogP contribution in [0.25, 0.3) is 11.2 Å². The third-order valence-electron chi connectivity index (χ3n) is 2.62. The summed E-state index contributed by atoms with van der Waals surface area (Å²) in [5.74, 6) is 0.424. The summed E-state index contributed by atoms with van der Waals surface area (Å²) in [6.07, 6.45) is 0.856. The summed E-state index contributed by atoms with van der Waals surface area (Å²) in [5.41, 5.74) is 1.42. The number of imidazole rings is 1. The Bertz CT molecular complexity index is 572. The third kappa shape index (κ3) is 2.13. The van der Waals surface area contributed by atoms with Crippen LogP contribution in [-0.4, -0.2) is 25.6 Å². The lowest BCUT2D eigenvalue weighted by Gasteiger charge is -2.04. The van der Waals surface area contributed by atoms with Crippen molar-refractivity contribution >= 4 is 17.1 Å². The maximum atomic E-state index is 10.8. The van der Waals surface area contributed by atoms with E-state index in [-0.39, 0.29) is 5.69 Å². The maximum Gasteiger partial charge on any atom is 0.354 e. The number of rotatable bonds is 3. The zero-order valence-corrected chi connectivity index (χ0v) is 10.1. The van der Waals surface area contributed by atoms with E-state index in [0.717, 1.165) is 17.8 Å². The summed E-state index contributed by atoms with van der Waals surface area (Å²) in [6, 6.07) is 3.19. The smallest absolute Gasteiger partial charge is 0.354 e. The maximum absolute atomic E-state index is 10.8. The second-order valence-electron chi connectivity index (χ2n) is 4.53. The molecule has 0 bridgehead atoms. The Kier molecular flexibility index (Phi) is 2.83. The molecule has 5 nitrogen and oxygen atoms in total. The summed E-state index contributed by atoms with van der Waals surface area (Å²) in [4.78, 5) is 19.4. The second-order valence-corrected chi connectivity index (χ2v) is 4.53. The Labute approximate surface area is 99.1 Å². The first-order valence-electron chi connectivity index (χ1n) is 5.54. The highest BCUT2D eigenvalue weighted by molar-refractivity contribution is 5.88. The van der Waals surface area contributed by atoms with Crippen LogP contribution in [-0.2, 0) is 13.5 Å². The molecule has 0 unspecified atom stereocenters. The normalized spacial score (nSPS) is 11.3. The highest BCUT2D eigenvalue weighted by Crippen LogP contribution is 2.16. The number of pyridine rings is 1. The lowest BCUT2D eigenvalue weighted by Crippen LogP contribution is -2.04. The molecule has 0 aliphatic carbocycles. The van der Waals surface area contributed by atoms with Gasteiger partial charge in [0.15, 0.2) is 11.3 Å². The lowest BCUT2D eigenvalue weighted by molar-refractivity contribution is 0.0691. The van der Waals surface area contributed by atoms with Crippen molar-refractivity contribution in [2.75, 3.05) is 0 Å². The standard InChI is InChI=1S/C12H15N3O2/c1-7(2)6-10-13-8-4-5-9(12(16)17)14-11(8)15(10)3/h4-5,7H,6H2,1-3H3,(H,16,17). The molecule has 0 atom stereocenters. The van der Waals surface area contributed by atoms with Crippen molar-refractivity contribution in [3.63, 3.8) is 0 Å². The van der Waals surface area contributed by atoms with E-state index in [1.165, 1.54) is 6.07 Å². The van der Waals surface area contributed by atoms with Crippen LogP contribution in [0.5, 0.6) is 0 Å². The van der Waals surface area contributed by atoms with Gasteiger partial charge in [0, 0.05) is 13.5 Å². The Balaban J connectivity index is 2.54. The summed E-state index contributed by atoms with van der Waals surface area (Å²) in [5, 5.41) is 8.90. The number of nitrogens with zero attached hydrogens (tertiary/aromatic N) is 3. The van der Waals surface area contributed by atoms with Gasteiger partial charge in [-0.2, -0.15) is 0 Å². The number of carboxylic acid groups (broad SMARTS) is 1. The van der Waals surface area contributed by atoms with Crippen LogP contribution < -0.4 is 0 Å². The molecule has 2 rings (SSSR count). The van der Waals surface area contributed by atoms with Crippen molar-refractivity contribution < 1.29 is 9.90 Å². The molecule has 0 aromatic carbocycles. The molecule has 0 aliphatic rings. The minimum absolute atomic E-state index is 0.0524. The Hall–Kier alpha value is -1.91. The molecule has 17 heavy (non-hydrogen) atoms. The predicted molar refractivity (Wildman–Crippen MR) is 64.0 cm³/mol. The van der Waals surface area contributed by atoms with E-state index in [1.54, 1.807) is 6.07 Å². The highest BCUT2D eigenvalue weighted by Gasteiger charge is 2.13. The number of hydrogen-bond donors (Lipinski definition) is 1. The van der Waals surface area contributed by atoms with E-state index < -0.39 is 5.97 Å². The minimum atomic E-state index is -1.02. The second kappa shape index (κ2) is 4.16. The molecule has 2 aromatic rings. The molecular weight excluding hydrogens is 218 g/mol. The topological polar surface area (TPSA) is 68.0 Å². The van der Waals surface area contributed by atoms with Crippen molar-refractivity contribution in [1.29, 1.82) is 0 Å². The van der Waals surface area contributed by atoms with Gasteiger partial charge in [-0.25, -0.2) is 14.8 Å². The molecular formula is C12H15N3O2. The Morgan fingerprint density at radius 3 is 2.71 bits per heavy atom. The van der Waals surface area contributed by atoms with Gasteiger partial charge in [-0.05, 0) is 18.1 Å². The van der Waals surface area contributed by atoms with Crippen LogP contribution in [0.4, 0.5) is 0 Å². The fourth-order valence-corrected chi connectivity index (χ4v) is 1.78. The van der Waals surface area contributed by atoms with E-state index in [1.807, 2.05) is 11.6 Å². The first-order chi connectivity index (χ1) is 7.99. The number of aromatic carboxylic acids is 1. The van der Waals surface area contributed by atoms with Gasteiger partial charge in [0.25, 0.3) is 0 Å². The van der Waals surface area contributed by atoms with Gasteiger partial charge in [-0.15, -0.1) is 0 Å². The van der Waals surface area contributed by atoms with Gasteiger partial charge >= 0.3 is 5.97 Å². The lowest BCUT2D eigenvalue weighted by atomic mass is 10.1. The van der Waals surface area contributed by atoms with Gasteiger partial charge in [-0.3, -0.25) is 0 Å². The van der Waals surface area contributed by atoms with Gasteiger partial charge in [0.1, 0.15) is 11.3 Å². The number of aromatic nitrogens is 3. The van der Waals surface area contributed by atoms with Crippen LogP contribution in [0, 0.1) is 5.92 Å². The van der Waals surface area contributed by atoms with Crippen LogP contribution >= 0.6 is 0 Å². The van der Waals surface area contributed by atoms with Gasteiger partial charge in [0.05, 0.1) is 0 Å². The summed E-state index contributed by atoms with van der Waals surface area (Å²) < 4.78 is 1.86. The fraction of sp³-hybridized carbons (Fsp3) is 0.417. The van der Waals surface area contributed by atoms with Gasteiger partial charge < -0.3 is 9.67 Å². The molecule has 0 fully saturated rings. The number of carboxylic acids is 1. The first-order valence-corrected chi connectivity index (χ1v) is 5.54. The molecule has 0 saturated heterocycles. The molecule has 90 valence electrons. The van der Waals surface area contributed by atoms with Crippen LogP contribution in [0.2, 0.25) is 0 Å². The zero-order chi connectivity index (χ0) is 12.6. The predicted octanol–water partition coefficient (Wildman–Crippen LogP) is 1.86. The van der Waals surface area contributed by atoms with E-state index in [2.05, 4.69) is 23.8 Å². The summed E-state index contributed by atoms with van der Waals surface area (Å²) in [6.45, 7) is 4.24. The summed E-state index contributed by atoms with van der Waals surface area (Å²) in [7, 11) is 1.87. The number of hydrogen-bond acceptors (Lipinski definition) is 3. The van der Waals surface area contributed by atoms with Crippen LogP contribution in [0.3, 0.4) is 0 Å². The number of carbonyl (C=O) groups is 1. The average molecular weight is 233 g/mol. The van der Waals surface area contributed by atoms with Crippen molar-refractivity contribution in [2.24, 2.45) is 13.0 Å². The van der Waals surface area contributed by atoms with E-state index in [0.29, 0.717) is 11.6 Å². The van der Waals surface area contributed by atoms with Gasteiger partial charge in [0.2, 0.25) is 0 Å². The minimum Gasteiger partial charge on any atom is -0.477 e. The molecule has 1 N–H and O–H groups in total. The third-order valence-corrected chi connectivity index (χ3v) is 2.62. The Morgan fingerprint density at radius 2 is 2.12 bits per heavy atom. The largest absolute Gasteiger partial charge is 0.477 e. The molecule has 0 aliphatic heterocycles. The molecule has 0 radical (unpaired) electrons. The van der Waals surface area contributed by atoms with Crippen LogP contribution in [0.15, 0.2) is 12.1 Å². The van der Waals surface area contributed by atoms with E-state index in [4.69, 9.17) is 5.11 Å². The molecule has 2 aromatic heterocycles. The molecule has 0 amide bonds. The quantitative estimate of drug-likeness (QED) is 0.878. The molecule has 5 heteroatoms. The highest BCUT2D eigenvalue weighted by atomic mass is 16.4. The van der Waals surface area contributed by atoms with Gasteiger partial charge in [-0.1, -0.05) is 13.8 Å².